The topological polar surface area (TPSA) is 56.7 Å². The van der Waals surface area contributed by atoms with E-state index in [2.05, 4.69) is 9.97 Å². The second-order valence-electron chi connectivity index (χ2n) is 3.52. The highest BCUT2D eigenvalue weighted by Gasteiger charge is 2.10. The standard InChI is InChI=1S/C11H14N4/c1-15-7-6-14-11(15)8-9(12)10-4-2-3-5-13-10/h2-7,9H,8,12H2,1H3. The Bertz CT molecular complexity index is 421. The third kappa shape index (κ3) is 2.22. The van der Waals surface area contributed by atoms with Gasteiger partial charge in [0.2, 0.25) is 0 Å². The van der Waals surface area contributed by atoms with E-state index in [0.717, 1.165) is 11.5 Å². The molecule has 0 amide bonds. The van der Waals surface area contributed by atoms with E-state index < -0.39 is 0 Å². The van der Waals surface area contributed by atoms with E-state index in [9.17, 15) is 0 Å². The molecule has 0 saturated carbocycles. The number of pyridine rings is 1. The van der Waals surface area contributed by atoms with Gasteiger partial charge in [-0.05, 0) is 12.1 Å². The van der Waals surface area contributed by atoms with Crippen LogP contribution in [-0.4, -0.2) is 14.5 Å². The summed E-state index contributed by atoms with van der Waals surface area (Å²) in [5.41, 5.74) is 6.94. The molecule has 15 heavy (non-hydrogen) atoms. The Hall–Kier alpha value is -1.68. The molecule has 78 valence electrons. The lowest BCUT2D eigenvalue weighted by molar-refractivity contribution is 0.644. The SMILES string of the molecule is Cn1ccnc1CC(N)c1ccccn1. The minimum atomic E-state index is -0.0905. The van der Waals surface area contributed by atoms with Crippen LogP contribution >= 0.6 is 0 Å². The van der Waals surface area contributed by atoms with Gasteiger partial charge in [0, 0.05) is 32.1 Å². The highest BCUT2D eigenvalue weighted by Crippen LogP contribution is 2.11. The summed E-state index contributed by atoms with van der Waals surface area (Å²) in [4.78, 5) is 8.46. The van der Waals surface area contributed by atoms with Crippen molar-refractivity contribution >= 4 is 0 Å². The van der Waals surface area contributed by atoms with E-state index in [-0.39, 0.29) is 6.04 Å². The molecule has 2 aromatic rings. The van der Waals surface area contributed by atoms with E-state index in [1.807, 2.05) is 36.0 Å². The summed E-state index contributed by atoms with van der Waals surface area (Å²) in [5.74, 6) is 0.980. The predicted molar refractivity (Wildman–Crippen MR) is 58.1 cm³/mol. The molecule has 4 heteroatoms. The zero-order chi connectivity index (χ0) is 10.7. The maximum Gasteiger partial charge on any atom is 0.110 e. The second-order valence-corrected chi connectivity index (χ2v) is 3.52. The minimum Gasteiger partial charge on any atom is -0.338 e. The van der Waals surface area contributed by atoms with Crippen molar-refractivity contribution < 1.29 is 0 Å². The number of hydrogen-bond donors (Lipinski definition) is 1. The number of rotatable bonds is 3. The van der Waals surface area contributed by atoms with Gasteiger partial charge in [-0.25, -0.2) is 4.98 Å². The van der Waals surface area contributed by atoms with Crippen molar-refractivity contribution in [3.05, 3.63) is 48.3 Å². The third-order valence-electron chi connectivity index (χ3n) is 2.39. The lowest BCUT2D eigenvalue weighted by Gasteiger charge is -2.10. The summed E-state index contributed by atoms with van der Waals surface area (Å²) < 4.78 is 1.98. The first kappa shape index (κ1) is 9.86. The molecule has 0 fully saturated rings. The van der Waals surface area contributed by atoms with Gasteiger partial charge in [-0.3, -0.25) is 4.98 Å². The minimum absolute atomic E-state index is 0.0905. The molecule has 2 aromatic heterocycles. The average Bonchev–Trinajstić information content (AvgIpc) is 2.66. The summed E-state index contributed by atoms with van der Waals surface area (Å²) in [7, 11) is 1.97. The Morgan fingerprint density at radius 3 is 2.80 bits per heavy atom. The molecule has 2 rings (SSSR count). The Morgan fingerprint density at radius 2 is 2.20 bits per heavy atom. The number of hydrogen-bond acceptors (Lipinski definition) is 3. The van der Waals surface area contributed by atoms with Crippen LogP contribution in [0.25, 0.3) is 0 Å². The number of imidazole rings is 1. The smallest absolute Gasteiger partial charge is 0.110 e. The van der Waals surface area contributed by atoms with Gasteiger partial charge < -0.3 is 10.3 Å². The van der Waals surface area contributed by atoms with E-state index in [1.54, 1.807) is 12.4 Å². The molecule has 2 N–H and O–H groups in total. The maximum absolute atomic E-state index is 6.04. The van der Waals surface area contributed by atoms with Crippen molar-refractivity contribution in [2.45, 2.75) is 12.5 Å². The van der Waals surface area contributed by atoms with Crippen LogP contribution in [-0.2, 0) is 13.5 Å². The molecule has 1 atom stereocenters. The van der Waals surface area contributed by atoms with Crippen LogP contribution in [0.3, 0.4) is 0 Å². The lowest BCUT2D eigenvalue weighted by atomic mass is 10.1. The van der Waals surface area contributed by atoms with Crippen molar-refractivity contribution in [1.82, 2.24) is 14.5 Å². The molecule has 0 bridgehead atoms. The molecule has 1 unspecified atom stereocenters. The molecule has 0 aliphatic heterocycles. The molecule has 0 aliphatic rings. The van der Waals surface area contributed by atoms with Gasteiger partial charge in [-0.2, -0.15) is 0 Å². The molecule has 0 aliphatic carbocycles. The summed E-state index contributed by atoms with van der Waals surface area (Å²) in [5, 5.41) is 0. The number of aryl methyl sites for hydroxylation is 1. The quantitative estimate of drug-likeness (QED) is 0.809. The highest BCUT2D eigenvalue weighted by atomic mass is 15.0. The zero-order valence-corrected chi connectivity index (χ0v) is 8.67. The van der Waals surface area contributed by atoms with Gasteiger partial charge in [0.1, 0.15) is 5.82 Å². The Kier molecular flexibility index (Phi) is 2.78. The van der Waals surface area contributed by atoms with Crippen LogP contribution in [0.15, 0.2) is 36.8 Å². The van der Waals surface area contributed by atoms with Crippen molar-refractivity contribution in [2.24, 2.45) is 12.8 Å². The molecule has 2 heterocycles. The van der Waals surface area contributed by atoms with E-state index in [1.165, 1.54) is 0 Å². The van der Waals surface area contributed by atoms with Gasteiger partial charge in [0.15, 0.2) is 0 Å². The van der Waals surface area contributed by atoms with Gasteiger partial charge in [-0.1, -0.05) is 6.07 Å². The molecular formula is C11H14N4. The fraction of sp³-hybridized carbons (Fsp3) is 0.273. The monoisotopic (exact) mass is 202 g/mol. The van der Waals surface area contributed by atoms with E-state index in [0.29, 0.717) is 6.42 Å². The third-order valence-corrected chi connectivity index (χ3v) is 2.39. The Morgan fingerprint density at radius 1 is 1.33 bits per heavy atom. The molecule has 0 saturated heterocycles. The molecule has 4 nitrogen and oxygen atoms in total. The number of aromatic nitrogens is 3. The predicted octanol–water partition coefficient (Wildman–Crippen LogP) is 1.06. The lowest BCUT2D eigenvalue weighted by Crippen LogP contribution is -2.16. The van der Waals surface area contributed by atoms with Crippen LogP contribution in [0.2, 0.25) is 0 Å². The van der Waals surface area contributed by atoms with Crippen molar-refractivity contribution in [3.8, 4) is 0 Å². The van der Waals surface area contributed by atoms with Crippen LogP contribution in [0.4, 0.5) is 0 Å². The first-order valence-electron chi connectivity index (χ1n) is 4.90. The Labute approximate surface area is 88.8 Å². The number of nitrogens with two attached hydrogens (primary N) is 1. The number of nitrogens with zero attached hydrogens (tertiary/aromatic N) is 3. The van der Waals surface area contributed by atoms with E-state index in [4.69, 9.17) is 5.73 Å². The maximum atomic E-state index is 6.04. The zero-order valence-electron chi connectivity index (χ0n) is 8.67. The van der Waals surface area contributed by atoms with Crippen LogP contribution in [0, 0.1) is 0 Å². The van der Waals surface area contributed by atoms with Gasteiger partial charge in [0.25, 0.3) is 0 Å². The first-order chi connectivity index (χ1) is 7.27. The first-order valence-corrected chi connectivity index (χ1v) is 4.90. The average molecular weight is 202 g/mol. The largest absolute Gasteiger partial charge is 0.338 e. The van der Waals surface area contributed by atoms with Crippen molar-refractivity contribution in [3.63, 3.8) is 0 Å². The second kappa shape index (κ2) is 4.23. The summed E-state index contributed by atoms with van der Waals surface area (Å²) >= 11 is 0. The van der Waals surface area contributed by atoms with Crippen molar-refractivity contribution in [1.29, 1.82) is 0 Å². The van der Waals surface area contributed by atoms with Gasteiger partial charge >= 0.3 is 0 Å². The van der Waals surface area contributed by atoms with Gasteiger partial charge in [-0.15, -0.1) is 0 Å². The molecular weight excluding hydrogens is 188 g/mol. The summed E-state index contributed by atoms with van der Waals surface area (Å²) in [6.45, 7) is 0. The summed E-state index contributed by atoms with van der Waals surface area (Å²) in [6.07, 6.45) is 6.16. The molecule has 0 radical (unpaired) electrons. The van der Waals surface area contributed by atoms with Crippen molar-refractivity contribution in [2.75, 3.05) is 0 Å². The Balaban J connectivity index is 2.11. The van der Waals surface area contributed by atoms with Crippen LogP contribution in [0.1, 0.15) is 17.6 Å². The highest BCUT2D eigenvalue weighted by molar-refractivity contribution is 5.10. The molecule has 0 aromatic carbocycles. The fourth-order valence-corrected chi connectivity index (χ4v) is 1.49. The van der Waals surface area contributed by atoms with E-state index >= 15 is 0 Å². The van der Waals surface area contributed by atoms with Crippen LogP contribution in [0.5, 0.6) is 0 Å². The van der Waals surface area contributed by atoms with Gasteiger partial charge in [0.05, 0.1) is 11.7 Å². The summed E-state index contributed by atoms with van der Waals surface area (Å²) in [6, 6.07) is 5.68. The van der Waals surface area contributed by atoms with Crippen LogP contribution < -0.4 is 5.73 Å². The fourth-order valence-electron chi connectivity index (χ4n) is 1.49. The molecule has 0 spiro atoms. The normalized spacial score (nSPS) is 12.7.